The molecule has 1 saturated heterocycles. The van der Waals surface area contributed by atoms with E-state index in [-0.39, 0.29) is 18.4 Å². The van der Waals surface area contributed by atoms with E-state index in [2.05, 4.69) is 27.3 Å². The Bertz CT molecular complexity index is 993. The molecule has 35 heavy (non-hydrogen) atoms. The van der Waals surface area contributed by atoms with Gasteiger partial charge in [0, 0.05) is 43.6 Å². The maximum Gasteiger partial charge on any atom is 0.401 e. The van der Waals surface area contributed by atoms with Crippen LogP contribution in [0, 0.1) is 5.92 Å². The number of aromatic nitrogens is 1. The number of fused-ring (bicyclic) bond motifs is 1. The van der Waals surface area contributed by atoms with Crippen LogP contribution in [0.1, 0.15) is 40.0 Å². The van der Waals surface area contributed by atoms with E-state index in [1.807, 2.05) is 12.1 Å². The van der Waals surface area contributed by atoms with Crippen molar-refractivity contribution in [1.82, 2.24) is 20.1 Å². The number of alkyl halides is 3. The Balaban J connectivity index is 1.21. The summed E-state index contributed by atoms with van der Waals surface area (Å²) in [6.07, 6.45) is -0.292. The molecule has 2 aromatic rings. The van der Waals surface area contributed by atoms with Crippen molar-refractivity contribution in [2.24, 2.45) is 5.92 Å². The van der Waals surface area contributed by atoms with E-state index in [0.717, 1.165) is 25.2 Å². The summed E-state index contributed by atoms with van der Waals surface area (Å²) in [6.45, 7) is 2.31. The number of rotatable bonds is 8. The van der Waals surface area contributed by atoms with Crippen molar-refractivity contribution in [1.29, 1.82) is 0 Å². The molecule has 4 rings (SSSR count). The molecule has 0 radical (unpaired) electrons. The second-order valence-corrected chi connectivity index (χ2v) is 9.69. The molecule has 2 aliphatic heterocycles. The highest BCUT2D eigenvalue weighted by molar-refractivity contribution is 5.94. The van der Waals surface area contributed by atoms with E-state index < -0.39 is 18.8 Å². The first-order chi connectivity index (χ1) is 16.7. The Morgan fingerprint density at radius 2 is 1.86 bits per heavy atom. The van der Waals surface area contributed by atoms with Crippen LogP contribution in [0.3, 0.4) is 0 Å². The molecule has 1 fully saturated rings. The van der Waals surface area contributed by atoms with Gasteiger partial charge in [0.2, 0.25) is 0 Å². The van der Waals surface area contributed by atoms with Crippen LogP contribution in [0.15, 0.2) is 42.6 Å². The number of amides is 1. The molecule has 1 atom stereocenters. The fraction of sp³-hybridized carbons (Fsp3) is 0.538. The minimum atomic E-state index is -4.16. The number of likely N-dealkylation sites (tertiary alicyclic amines) is 1. The molecule has 1 aromatic heterocycles. The molecule has 1 aromatic carbocycles. The third-order valence-electron chi connectivity index (χ3n) is 6.86. The fourth-order valence-electron chi connectivity index (χ4n) is 5.01. The lowest BCUT2D eigenvalue weighted by molar-refractivity contribution is -0.148. The first-order valence-corrected chi connectivity index (χ1v) is 12.2. The number of carbonyl (C=O) groups excluding carboxylic acids is 1. The molecule has 3 heterocycles. The maximum absolute atomic E-state index is 12.6. The smallest absolute Gasteiger partial charge is 0.390 e. The Morgan fingerprint density at radius 3 is 2.60 bits per heavy atom. The number of nitrogens with zero attached hydrogens (tertiary/aromatic N) is 3. The van der Waals surface area contributed by atoms with Crippen LogP contribution in [0.2, 0.25) is 0 Å². The molecule has 2 aliphatic rings. The molecule has 6 nitrogen and oxygen atoms in total. The minimum absolute atomic E-state index is 0.159. The first kappa shape index (κ1) is 25.6. The third-order valence-corrected chi connectivity index (χ3v) is 6.86. The highest BCUT2D eigenvalue weighted by Gasteiger charge is 2.32. The summed E-state index contributed by atoms with van der Waals surface area (Å²) in [5, 5.41) is 13.3. The van der Waals surface area contributed by atoms with Crippen molar-refractivity contribution >= 4 is 5.91 Å². The van der Waals surface area contributed by atoms with Gasteiger partial charge in [-0.1, -0.05) is 24.3 Å². The van der Waals surface area contributed by atoms with Gasteiger partial charge in [-0.3, -0.25) is 19.6 Å². The second kappa shape index (κ2) is 11.5. The highest BCUT2D eigenvalue weighted by atomic mass is 19.4. The zero-order chi connectivity index (χ0) is 24.8. The summed E-state index contributed by atoms with van der Waals surface area (Å²) in [6, 6.07) is 11.7. The summed E-state index contributed by atoms with van der Waals surface area (Å²) in [5.74, 6) is -0.0153. The van der Waals surface area contributed by atoms with Gasteiger partial charge in [-0.2, -0.15) is 13.2 Å². The molecule has 0 spiro atoms. The summed E-state index contributed by atoms with van der Waals surface area (Å²) in [5.41, 5.74) is 3.88. The first-order valence-electron chi connectivity index (χ1n) is 12.2. The minimum Gasteiger partial charge on any atom is -0.390 e. The number of nitrogens with one attached hydrogen (secondary N) is 1. The number of hydrogen-bond donors (Lipinski definition) is 2. The lowest BCUT2D eigenvalue weighted by atomic mass is 9.91. The van der Waals surface area contributed by atoms with Crippen LogP contribution < -0.4 is 5.32 Å². The zero-order valence-corrected chi connectivity index (χ0v) is 19.8. The van der Waals surface area contributed by atoms with E-state index in [1.54, 1.807) is 18.3 Å². The summed E-state index contributed by atoms with van der Waals surface area (Å²) >= 11 is 0. The Labute approximate surface area is 204 Å². The molecule has 1 amide bonds. The van der Waals surface area contributed by atoms with Crippen LogP contribution in [0.4, 0.5) is 13.2 Å². The average Bonchev–Trinajstić information content (AvgIpc) is 2.83. The largest absolute Gasteiger partial charge is 0.401 e. The van der Waals surface area contributed by atoms with Crippen molar-refractivity contribution in [3.05, 3.63) is 65.0 Å². The summed E-state index contributed by atoms with van der Waals surface area (Å²) in [7, 11) is 0. The van der Waals surface area contributed by atoms with Gasteiger partial charge in [0.05, 0.1) is 12.6 Å². The molecular weight excluding hydrogens is 457 g/mol. The third kappa shape index (κ3) is 7.75. The standard InChI is InChI=1S/C26H33F3N4O2/c27-26(28,29)18-32-10-6-19(7-11-32)13-23-14-21(5-9-30-23)25(35)31-15-24(34)17-33-12-8-20-3-1-2-4-22(20)16-33/h1-5,9,14,19,24,34H,6-8,10-13,15-18H2,(H,31,35)/t24-/m0/s1. The van der Waals surface area contributed by atoms with Crippen molar-refractivity contribution in [3.63, 3.8) is 0 Å². The van der Waals surface area contributed by atoms with E-state index in [1.165, 1.54) is 16.0 Å². The SMILES string of the molecule is O=C(NC[C@H](O)CN1CCc2ccccc2C1)c1ccnc(CC2CCN(CC(F)(F)F)CC2)c1. The average molecular weight is 491 g/mol. The predicted octanol–water partition coefficient (Wildman–Crippen LogP) is 3.05. The van der Waals surface area contributed by atoms with Crippen molar-refractivity contribution in [2.45, 2.75) is 44.5 Å². The van der Waals surface area contributed by atoms with Gasteiger partial charge in [-0.15, -0.1) is 0 Å². The van der Waals surface area contributed by atoms with Gasteiger partial charge < -0.3 is 10.4 Å². The van der Waals surface area contributed by atoms with Crippen LogP contribution in [-0.2, 0) is 19.4 Å². The Hall–Kier alpha value is -2.49. The van der Waals surface area contributed by atoms with Crippen molar-refractivity contribution in [2.75, 3.05) is 39.3 Å². The van der Waals surface area contributed by atoms with Gasteiger partial charge in [-0.25, -0.2) is 0 Å². The van der Waals surface area contributed by atoms with Crippen molar-refractivity contribution in [3.8, 4) is 0 Å². The van der Waals surface area contributed by atoms with Gasteiger partial charge in [0.1, 0.15) is 0 Å². The van der Waals surface area contributed by atoms with Gasteiger partial charge in [-0.05, 0) is 68.0 Å². The number of piperidine rings is 1. The van der Waals surface area contributed by atoms with Crippen molar-refractivity contribution < 1.29 is 23.1 Å². The van der Waals surface area contributed by atoms with E-state index >= 15 is 0 Å². The molecule has 0 aliphatic carbocycles. The fourth-order valence-corrected chi connectivity index (χ4v) is 5.01. The quantitative estimate of drug-likeness (QED) is 0.596. The monoisotopic (exact) mass is 490 g/mol. The number of pyridine rings is 1. The number of aliphatic hydroxyl groups is 1. The molecule has 2 N–H and O–H groups in total. The van der Waals surface area contributed by atoms with Crippen LogP contribution in [0.5, 0.6) is 0 Å². The van der Waals surface area contributed by atoms with E-state index in [0.29, 0.717) is 44.5 Å². The summed E-state index contributed by atoms with van der Waals surface area (Å²) in [4.78, 5) is 20.6. The Morgan fingerprint density at radius 1 is 1.11 bits per heavy atom. The predicted molar refractivity (Wildman–Crippen MR) is 127 cm³/mol. The van der Waals surface area contributed by atoms with E-state index in [9.17, 15) is 23.1 Å². The number of aliphatic hydroxyl groups excluding tert-OH is 1. The van der Waals surface area contributed by atoms with Gasteiger partial charge in [0.25, 0.3) is 5.91 Å². The van der Waals surface area contributed by atoms with Gasteiger partial charge >= 0.3 is 6.18 Å². The lowest BCUT2D eigenvalue weighted by Crippen LogP contribution is -2.42. The lowest BCUT2D eigenvalue weighted by Gasteiger charge is -2.32. The van der Waals surface area contributed by atoms with Crippen LogP contribution in [-0.4, -0.2) is 77.3 Å². The Kier molecular flexibility index (Phi) is 8.41. The highest BCUT2D eigenvalue weighted by Crippen LogP contribution is 2.25. The molecule has 190 valence electrons. The number of hydrogen-bond acceptors (Lipinski definition) is 5. The molecule has 0 unspecified atom stereocenters. The number of carbonyl (C=O) groups is 1. The normalized spacial score (nSPS) is 18.7. The molecular formula is C26H33F3N4O2. The zero-order valence-electron chi connectivity index (χ0n) is 19.8. The van der Waals surface area contributed by atoms with E-state index in [4.69, 9.17) is 0 Å². The summed E-state index contributed by atoms with van der Waals surface area (Å²) < 4.78 is 37.7. The number of β-amino-alcohol motifs (C(OH)–C–C–N with tert-alkyl or cyclic N) is 1. The topological polar surface area (TPSA) is 68.7 Å². The van der Waals surface area contributed by atoms with Crippen LogP contribution >= 0.6 is 0 Å². The number of halogens is 3. The molecule has 0 saturated carbocycles. The maximum atomic E-state index is 12.6. The van der Waals surface area contributed by atoms with Gasteiger partial charge in [0.15, 0.2) is 0 Å². The second-order valence-electron chi connectivity index (χ2n) is 9.69. The molecule has 9 heteroatoms. The number of benzene rings is 1. The molecule has 0 bridgehead atoms. The van der Waals surface area contributed by atoms with Crippen LogP contribution in [0.25, 0.3) is 0 Å².